The molecule has 0 bridgehead atoms. The van der Waals surface area contributed by atoms with E-state index < -0.39 is 0 Å². The van der Waals surface area contributed by atoms with Gasteiger partial charge in [-0.3, -0.25) is 4.98 Å². The van der Waals surface area contributed by atoms with Crippen molar-refractivity contribution in [3.8, 4) is 5.75 Å². The Bertz CT molecular complexity index is 620. The molecule has 2 aromatic rings. The van der Waals surface area contributed by atoms with Gasteiger partial charge in [0.1, 0.15) is 16.9 Å². The van der Waals surface area contributed by atoms with Gasteiger partial charge in [-0.05, 0) is 18.6 Å². The standard InChI is InChI=1S/C16H20N4O2S/c1-2-14(15-18-7-9-23-15)19-16(21)20-8-5-13(11-20)22-12-4-3-6-17-10-12/h3-4,6-7,9-10,13-14H,2,5,8,11H2,1H3,(H,19,21)/t13-,14-/m1/s1. The lowest BCUT2D eigenvalue weighted by molar-refractivity contribution is 0.184. The Labute approximate surface area is 139 Å². The number of rotatable bonds is 5. The van der Waals surface area contributed by atoms with Gasteiger partial charge in [0.25, 0.3) is 0 Å². The first kappa shape index (κ1) is 15.7. The quantitative estimate of drug-likeness (QED) is 0.914. The topological polar surface area (TPSA) is 67.4 Å². The highest BCUT2D eigenvalue weighted by atomic mass is 32.1. The van der Waals surface area contributed by atoms with E-state index in [1.54, 1.807) is 34.8 Å². The zero-order chi connectivity index (χ0) is 16.1. The van der Waals surface area contributed by atoms with Crippen LogP contribution in [-0.4, -0.2) is 40.1 Å². The number of urea groups is 1. The zero-order valence-corrected chi connectivity index (χ0v) is 13.8. The lowest BCUT2D eigenvalue weighted by Gasteiger charge is -2.21. The minimum absolute atomic E-state index is 0.0184. The van der Waals surface area contributed by atoms with Gasteiger partial charge >= 0.3 is 6.03 Å². The number of aromatic nitrogens is 2. The molecule has 3 rings (SSSR count). The lowest BCUT2D eigenvalue weighted by atomic mass is 10.2. The van der Waals surface area contributed by atoms with Crippen LogP contribution < -0.4 is 10.1 Å². The van der Waals surface area contributed by atoms with E-state index in [1.807, 2.05) is 24.4 Å². The van der Waals surface area contributed by atoms with E-state index >= 15 is 0 Å². The van der Waals surface area contributed by atoms with E-state index in [9.17, 15) is 4.79 Å². The maximum atomic E-state index is 12.4. The van der Waals surface area contributed by atoms with Gasteiger partial charge in [0.15, 0.2) is 0 Å². The molecule has 1 saturated heterocycles. The Morgan fingerprint density at radius 3 is 3.17 bits per heavy atom. The second kappa shape index (κ2) is 7.41. The highest BCUT2D eigenvalue weighted by Gasteiger charge is 2.29. The molecule has 0 aromatic carbocycles. The van der Waals surface area contributed by atoms with Crippen molar-refractivity contribution in [2.45, 2.75) is 31.9 Å². The molecule has 0 spiro atoms. The van der Waals surface area contributed by atoms with E-state index in [1.165, 1.54) is 0 Å². The van der Waals surface area contributed by atoms with Crippen molar-refractivity contribution < 1.29 is 9.53 Å². The Balaban J connectivity index is 1.53. The van der Waals surface area contributed by atoms with Crippen LogP contribution in [0.1, 0.15) is 30.8 Å². The first-order valence-electron chi connectivity index (χ1n) is 7.77. The van der Waals surface area contributed by atoms with Crippen molar-refractivity contribution in [2.75, 3.05) is 13.1 Å². The summed E-state index contributed by atoms with van der Waals surface area (Å²) in [5, 5.41) is 5.94. The molecular weight excluding hydrogens is 312 g/mol. The Morgan fingerprint density at radius 1 is 1.57 bits per heavy atom. The monoisotopic (exact) mass is 332 g/mol. The average Bonchev–Trinajstić information content (AvgIpc) is 3.25. The molecule has 6 nitrogen and oxygen atoms in total. The largest absolute Gasteiger partial charge is 0.487 e. The predicted octanol–water partition coefficient (Wildman–Crippen LogP) is 2.85. The maximum absolute atomic E-state index is 12.4. The third kappa shape index (κ3) is 3.98. The van der Waals surface area contributed by atoms with Gasteiger partial charge in [-0.2, -0.15) is 0 Å². The van der Waals surface area contributed by atoms with E-state index in [4.69, 9.17) is 4.74 Å². The number of carbonyl (C=O) groups excluding carboxylic acids is 1. The van der Waals surface area contributed by atoms with Gasteiger partial charge in [0.2, 0.25) is 0 Å². The number of amides is 2. The lowest BCUT2D eigenvalue weighted by Crippen LogP contribution is -2.41. The molecule has 0 aliphatic carbocycles. The summed E-state index contributed by atoms with van der Waals surface area (Å²) in [6.07, 6.45) is 6.84. The van der Waals surface area contributed by atoms with Gasteiger partial charge in [0, 0.05) is 30.7 Å². The fourth-order valence-electron chi connectivity index (χ4n) is 2.60. The minimum Gasteiger partial charge on any atom is -0.487 e. The molecule has 0 saturated carbocycles. The van der Waals surface area contributed by atoms with Gasteiger partial charge in [0.05, 0.1) is 18.8 Å². The number of ether oxygens (including phenoxy) is 1. The number of carbonyl (C=O) groups is 1. The number of pyridine rings is 1. The van der Waals surface area contributed by atoms with Crippen LogP contribution in [-0.2, 0) is 0 Å². The summed E-state index contributed by atoms with van der Waals surface area (Å²) in [5.74, 6) is 0.744. The fourth-order valence-corrected chi connectivity index (χ4v) is 3.38. The fraction of sp³-hybridized carbons (Fsp3) is 0.438. The summed E-state index contributed by atoms with van der Waals surface area (Å²) < 4.78 is 5.86. The van der Waals surface area contributed by atoms with Crippen LogP contribution in [0, 0.1) is 0 Å². The van der Waals surface area contributed by atoms with Gasteiger partial charge in [-0.15, -0.1) is 11.3 Å². The SMILES string of the molecule is CC[C@@H](NC(=O)N1CC[C@@H](Oc2cccnc2)C1)c1nccs1. The molecule has 0 unspecified atom stereocenters. The highest BCUT2D eigenvalue weighted by molar-refractivity contribution is 7.09. The van der Waals surface area contributed by atoms with Crippen molar-refractivity contribution in [1.29, 1.82) is 0 Å². The number of likely N-dealkylation sites (tertiary alicyclic amines) is 1. The van der Waals surface area contributed by atoms with E-state index in [0.29, 0.717) is 13.1 Å². The molecule has 2 aromatic heterocycles. The van der Waals surface area contributed by atoms with Crippen LogP contribution in [0.5, 0.6) is 5.75 Å². The van der Waals surface area contributed by atoms with Crippen LogP contribution in [0.3, 0.4) is 0 Å². The summed E-state index contributed by atoms with van der Waals surface area (Å²) in [5.41, 5.74) is 0. The van der Waals surface area contributed by atoms with Crippen LogP contribution >= 0.6 is 11.3 Å². The van der Waals surface area contributed by atoms with Crippen molar-refractivity contribution in [2.24, 2.45) is 0 Å². The van der Waals surface area contributed by atoms with Gasteiger partial charge in [-0.25, -0.2) is 9.78 Å². The molecule has 1 N–H and O–H groups in total. The van der Waals surface area contributed by atoms with E-state index in [-0.39, 0.29) is 18.2 Å². The summed E-state index contributed by atoms with van der Waals surface area (Å²) >= 11 is 1.57. The molecule has 1 aliphatic heterocycles. The van der Waals surface area contributed by atoms with Crippen molar-refractivity contribution in [3.63, 3.8) is 0 Å². The number of hydrogen-bond donors (Lipinski definition) is 1. The molecule has 1 aliphatic rings. The van der Waals surface area contributed by atoms with Crippen molar-refractivity contribution in [3.05, 3.63) is 41.1 Å². The second-order valence-electron chi connectivity index (χ2n) is 5.44. The molecule has 1 fully saturated rings. The molecule has 2 atom stereocenters. The van der Waals surface area contributed by atoms with Gasteiger partial charge in [-0.1, -0.05) is 6.92 Å². The third-order valence-electron chi connectivity index (χ3n) is 3.82. The smallest absolute Gasteiger partial charge is 0.318 e. The second-order valence-corrected chi connectivity index (χ2v) is 6.37. The van der Waals surface area contributed by atoms with Crippen LogP contribution in [0.15, 0.2) is 36.1 Å². The predicted molar refractivity (Wildman–Crippen MR) is 88.5 cm³/mol. The minimum atomic E-state index is -0.0515. The molecule has 0 radical (unpaired) electrons. The Hall–Kier alpha value is -2.15. The highest BCUT2D eigenvalue weighted by Crippen LogP contribution is 2.21. The molecule has 2 amide bonds. The van der Waals surface area contributed by atoms with E-state index in [0.717, 1.165) is 23.6 Å². The van der Waals surface area contributed by atoms with Crippen LogP contribution in [0.4, 0.5) is 4.79 Å². The van der Waals surface area contributed by atoms with Crippen molar-refractivity contribution in [1.82, 2.24) is 20.2 Å². The molecular formula is C16H20N4O2S. The summed E-state index contributed by atoms with van der Waals surface area (Å²) in [6.45, 7) is 3.34. The molecule has 23 heavy (non-hydrogen) atoms. The molecule has 122 valence electrons. The maximum Gasteiger partial charge on any atom is 0.318 e. The van der Waals surface area contributed by atoms with E-state index in [2.05, 4.69) is 15.3 Å². The normalized spacial score (nSPS) is 18.7. The number of nitrogens with one attached hydrogen (secondary N) is 1. The zero-order valence-electron chi connectivity index (χ0n) is 13.0. The van der Waals surface area contributed by atoms with Crippen LogP contribution in [0.25, 0.3) is 0 Å². The molecule has 3 heterocycles. The van der Waals surface area contributed by atoms with Crippen LogP contribution in [0.2, 0.25) is 0 Å². The average molecular weight is 332 g/mol. The summed E-state index contributed by atoms with van der Waals surface area (Å²) in [6, 6.07) is 3.64. The summed E-state index contributed by atoms with van der Waals surface area (Å²) in [7, 11) is 0. The summed E-state index contributed by atoms with van der Waals surface area (Å²) in [4.78, 5) is 22.6. The number of thiazole rings is 1. The molecule has 7 heteroatoms. The first-order chi connectivity index (χ1) is 11.3. The Kier molecular flexibility index (Phi) is 5.07. The van der Waals surface area contributed by atoms with Crippen molar-refractivity contribution >= 4 is 17.4 Å². The number of nitrogens with zero attached hydrogens (tertiary/aromatic N) is 3. The Morgan fingerprint density at radius 2 is 2.48 bits per heavy atom. The number of hydrogen-bond acceptors (Lipinski definition) is 5. The first-order valence-corrected chi connectivity index (χ1v) is 8.65. The third-order valence-corrected chi connectivity index (χ3v) is 4.71. The van der Waals surface area contributed by atoms with Gasteiger partial charge < -0.3 is 15.0 Å².